The minimum absolute atomic E-state index is 0. The Balaban J connectivity index is 0. The maximum atomic E-state index is 7.25. The third-order valence-corrected chi connectivity index (χ3v) is 4.03. The molecule has 1 aliphatic carbocycles. The van der Waals surface area contributed by atoms with Crippen LogP contribution in [-0.2, 0) is 21.1 Å². The Labute approximate surface area is 168 Å². The van der Waals surface area contributed by atoms with Gasteiger partial charge in [0.05, 0.1) is 0 Å². The second-order valence-corrected chi connectivity index (χ2v) is 5.28. The van der Waals surface area contributed by atoms with Crippen LogP contribution in [-0.4, -0.2) is 0 Å². The molecule has 3 heteroatoms. The maximum absolute atomic E-state index is 7.25. The molecular weight excluding hydrogens is 478 g/mol. The van der Waals surface area contributed by atoms with Gasteiger partial charge < -0.3 is 0 Å². The molecule has 0 spiro atoms. The third-order valence-electron chi connectivity index (χ3n) is 4.03. The van der Waals surface area contributed by atoms with E-state index in [9.17, 15) is 0 Å². The van der Waals surface area contributed by atoms with Crippen LogP contribution in [0.3, 0.4) is 0 Å². The van der Waals surface area contributed by atoms with Crippen LogP contribution in [0.25, 0.3) is 0 Å². The van der Waals surface area contributed by atoms with Gasteiger partial charge in [-0.1, -0.05) is 34.6 Å². The normalized spacial score (nSPS) is 15.4. The summed E-state index contributed by atoms with van der Waals surface area (Å²) in [5.41, 5.74) is 5.75. The molecule has 2 aromatic carbocycles. The molecule has 0 saturated heterocycles. The van der Waals surface area contributed by atoms with Gasteiger partial charge in [0, 0.05) is 0 Å². The van der Waals surface area contributed by atoms with Crippen molar-refractivity contribution in [2.45, 2.75) is 34.6 Å². The molecule has 0 amide bonds. The van der Waals surface area contributed by atoms with Crippen LogP contribution in [0.2, 0.25) is 0 Å². The number of hydrogen-bond donors (Lipinski definition) is 0. The van der Waals surface area contributed by atoms with Crippen LogP contribution in [0.15, 0.2) is 60.7 Å². The standard InChI is InChI=1S/C10H15.2C6H5.NO.W/c1-6-7(2)9(4)10(5)8(6)3;2*1-2-4-6-5-3-1;1-2;/h1-5H3;2*1-5H;;/q;2*-1;;+2. The summed E-state index contributed by atoms with van der Waals surface area (Å²) in [7, 11) is 0. The molecule has 2 nitrogen and oxygen atoms in total. The van der Waals surface area contributed by atoms with Crippen molar-refractivity contribution < 1.29 is 21.1 Å². The summed E-state index contributed by atoms with van der Waals surface area (Å²) < 4.78 is 0. The monoisotopic (exact) mass is 503 g/mol. The molecule has 3 rings (SSSR count). The van der Waals surface area contributed by atoms with Crippen molar-refractivity contribution >= 4 is 0 Å². The zero-order valence-electron chi connectivity index (χ0n) is 15.5. The van der Waals surface area contributed by atoms with E-state index in [0.29, 0.717) is 0 Å². The van der Waals surface area contributed by atoms with Crippen molar-refractivity contribution in [1.82, 2.24) is 5.59 Å². The summed E-state index contributed by atoms with van der Waals surface area (Å²) >= 11 is 0. The minimum Gasteiger partial charge on any atom is -0.184 e. The van der Waals surface area contributed by atoms with Gasteiger partial charge in [-0.05, 0) is 29.6 Å². The minimum atomic E-state index is 0. The number of benzene rings is 2. The number of hydrogen-bond acceptors (Lipinski definition) is 1. The Hall–Kier alpha value is -1.27. The molecule has 130 valence electrons. The van der Waals surface area contributed by atoms with Gasteiger partial charge in [0.2, 0.25) is 0 Å². The first-order valence-corrected chi connectivity index (χ1v) is 7.75. The zero-order chi connectivity index (χ0) is 18.4. The van der Waals surface area contributed by atoms with Crippen molar-refractivity contribution in [1.29, 1.82) is 0 Å². The summed E-state index contributed by atoms with van der Waals surface area (Å²) in [6, 6.07) is 25.0. The SMILES string of the molecule is C[C]1[C](C)[C](C)[C](C)[C]1C.[N]=O.[W+2].[c-]1ccccc1.[c-]1ccccc1. The number of rotatable bonds is 0. The molecule has 25 heavy (non-hydrogen) atoms. The fraction of sp³-hybridized carbons (Fsp3) is 0.227. The van der Waals surface area contributed by atoms with Gasteiger partial charge in [-0.3, -0.25) is 0 Å². The Morgan fingerprint density at radius 2 is 0.720 bits per heavy atom. The Morgan fingerprint density at radius 1 is 0.520 bits per heavy atom. The molecule has 2 aromatic rings. The fourth-order valence-corrected chi connectivity index (χ4v) is 2.09. The van der Waals surface area contributed by atoms with Crippen LogP contribution < -0.4 is 5.59 Å². The first-order chi connectivity index (χ1) is 11.6. The van der Waals surface area contributed by atoms with Gasteiger partial charge in [0.1, 0.15) is 5.59 Å². The van der Waals surface area contributed by atoms with Crippen LogP contribution in [0.4, 0.5) is 0 Å². The first-order valence-electron chi connectivity index (χ1n) is 7.75. The Morgan fingerprint density at radius 3 is 0.800 bits per heavy atom. The summed E-state index contributed by atoms with van der Waals surface area (Å²) in [4.78, 5) is 7.25. The van der Waals surface area contributed by atoms with E-state index in [2.05, 4.69) is 46.8 Å². The van der Waals surface area contributed by atoms with E-state index in [0.717, 1.165) is 0 Å². The van der Waals surface area contributed by atoms with E-state index >= 15 is 0 Å². The van der Waals surface area contributed by atoms with E-state index in [4.69, 9.17) is 10.5 Å². The van der Waals surface area contributed by atoms with Crippen LogP contribution in [0.5, 0.6) is 0 Å². The topological polar surface area (TPSA) is 39.4 Å². The van der Waals surface area contributed by atoms with Gasteiger partial charge in [0.25, 0.3) is 0 Å². The Kier molecular flexibility index (Phi) is 16.8. The largest absolute Gasteiger partial charge is 2.00 e. The molecular formula is C22H25NOW. The van der Waals surface area contributed by atoms with Gasteiger partial charge in [-0.15, -0.1) is 4.91 Å². The molecule has 0 atom stereocenters. The second kappa shape index (κ2) is 16.2. The van der Waals surface area contributed by atoms with E-state index in [1.54, 1.807) is 0 Å². The molecule has 0 unspecified atom stereocenters. The quantitative estimate of drug-likeness (QED) is 0.438. The third kappa shape index (κ3) is 10.3. The molecule has 0 aromatic heterocycles. The summed E-state index contributed by atoms with van der Waals surface area (Å²) in [6.07, 6.45) is 0. The van der Waals surface area contributed by atoms with Gasteiger partial charge in [-0.2, -0.15) is 72.8 Å². The van der Waals surface area contributed by atoms with E-state index < -0.39 is 0 Å². The molecule has 0 N–H and O–H groups in total. The Bertz CT molecular complexity index is 364. The molecule has 1 aliphatic rings. The van der Waals surface area contributed by atoms with E-state index in [1.807, 2.05) is 60.7 Å². The van der Waals surface area contributed by atoms with Gasteiger partial charge in [0.15, 0.2) is 0 Å². The average molecular weight is 503 g/mol. The van der Waals surface area contributed by atoms with Crippen molar-refractivity contribution in [3.05, 3.63) is 107 Å². The van der Waals surface area contributed by atoms with Crippen molar-refractivity contribution in [2.75, 3.05) is 0 Å². The smallest absolute Gasteiger partial charge is 0.184 e. The molecule has 6 radical (unpaired) electrons. The summed E-state index contributed by atoms with van der Waals surface area (Å²) in [6.45, 7) is 11.0. The molecule has 1 saturated carbocycles. The van der Waals surface area contributed by atoms with E-state index in [-0.39, 0.29) is 21.1 Å². The molecule has 1 fully saturated rings. The van der Waals surface area contributed by atoms with Crippen molar-refractivity contribution in [3.8, 4) is 0 Å². The maximum Gasteiger partial charge on any atom is 2.00 e. The average Bonchev–Trinajstić information content (AvgIpc) is 2.85. The number of nitrogens with zero attached hydrogens (tertiary/aromatic N) is 1. The van der Waals surface area contributed by atoms with Crippen LogP contribution >= 0.6 is 0 Å². The van der Waals surface area contributed by atoms with Gasteiger partial charge >= 0.3 is 21.1 Å². The summed E-state index contributed by atoms with van der Waals surface area (Å²) in [5, 5.41) is 0. The molecule has 0 aliphatic heterocycles. The van der Waals surface area contributed by atoms with Crippen LogP contribution in [0.1, 0.15) is 34.6 Å². The first kappa shape index (κ1) is 26.0. The predicted octanol–water partition coefficient (Wildman–Crippen LogP) is 5.50. The molecule has 0 heterocycles. The summed E-state index contributed by atoms with van der Waals surface area (Å²) in [5.74, 6) is 7.34. The second-order valence-electron chi connectivity index (χ2n) is 5.28. The fourth-order valence-electron chi connectivity index (χ4n) is 2.09. The van der Waals surface area contributed by atoms with E-state index in [1.165, 1.54) is 29.6 Å². The molecule has 0 bridgehead atoms. The predicted molar refractivity (Wildman–Crippen MR) is 101 cm³/mol. The van der Waals surface area contributed by atoms with Crippen LogP contribution in [0, 0.1) is 46.6 Å². The van der Waals surface area contributed by atoms with Crippen molar-refractivity contribution in [2.24, 2.45) is 0 Å². The van der Waals surface area contributed by atoms with Gasteiger partial charge in [-0.25, -0.2) is 0 Å². The number of nitroso groups, excluding NO2 is 1. The van der Waals surface area contributed by atoms with Crippen molar-refractivity contribution in [3.63, 3.8) is 0 Å². The zero-order valence-corrected chi connectivity index (χ0v) is 18.5.